The van der Waals surface area contributed by atoms with Gasteiger partial charge in [0.1, 0.15) is 12.4 Å². The van der Waals surface area contributed by atoms with Crippen LogP contribution in [0, 0.1) is 13.8 Å². The van der Waals surface area contributed by atoms with Crippen LogP contribution in [0.2, 0.25) is 0 Å². The molecule has 0 radical (unpaired) electrons. The minimum absolute atomic E-state index is 0.0497. The molecule has 0 saturated heterocycles. The molecule has 1 atom stereocenters. The fourth-order valence-electron chi connectivity index (χ4n) is 1.98. The molecule has 3 heteroatoms. The summed E-state index contributed by atoms with van der Waals surface area (Å²) in [5.41, 5.74) is 10.3. The van der Waals surface area contributed by atoms with Gasteiger partial charge in [0.25, 0.3) is 0 Å². The van der Waals surface area contributed by atoms with Gasteiger partial charge in [0.2, 0.25) is 0 Å². The van der Waals surface area contributed by atoms with E-state index in [1.165, 1.54) is 0 Å². The number of nitrogens with two attached hydrogens (primary N) is 1. The molecule has 0 aliphatic heterocycles. The molecule has 2 N–H and O–H groups in total. The van der Waals surface area contributed by atoms with Gasteiger partial charge in [-0.3, -0.25) is 4.98 Å². The number of hydrogen-bond donors (Lipinski definition) is 1. The van der Waals surface area contributed by atoms with E-state index in [1.54, 1.807) is 0 Å². The normalized spacial score (nSPS) is 12.2. The van der Waals surface area contributed by atoms with Crippen molar-refractivity contribution in [2.45, 2.75) is 33.4 Å². The smallest absolute Gasteiger partial charge is 0.122 e. The van der Waals surface area contributed by atoms with Gasteiger partial charge in [0, 0.05) is 24.0 Å². The van der Waals surface area contributed by atoms with Crippen LogP contribution in [-0.2, 0) is 6.61 Å². The highest BCUT2D eigenvalue weighted by Crippen LogP contribution is 2.22. The maximum Gasteiger partial charge on any atom is 0.122 e. The van der Waals surface area contributed by atoms with E-state index in [2.05, 4.69) is 17.1 Å². The maximum atomic E-state index is 5.87. The fraction of sp³-hybridized carbons (Fsp3) is 0.312. The Bertz CT molecular complexity index is 564. The third-order valence-corrected chi connectivity index (χ3v) is 3.05. The number of aromatic nitrogens is 1. The highest BCUT2D eigenvalue weighted by Gasteiger charge is 2.05. The highest BCUT2D eigenvalue weighted by molar-refractivity contribution is 5.37. The Kier molecular flexibility index (Phi) is 4.17. The number of hydrogen-bond acceptors (Lipinski definition) is 3. The van der Waals surface area contributed by atoms with E-state index in [0.717, 1.165) is 28.0 Å². The second-order valence-electron chi connectivity index (χ2n) is 4.97. The Labute approximate surface area is 114 Å². The minimum atomic E-state index is 0.0497. The van der Waals surface area contributed by atoms with Crippen molar-refractivity contribution in [2.75, 3.05) is 0 Å². The summed E-state index contributed by atoms with van der Waals surface area (Å²) in [4.78, 5) is 4.16. The molecule has 1 aromatic heterocycles. The lowest BCUT2D eigenvalue weighted by molar-refractivity contribution is 0.303. The van der Waals surface area contributed by atoms with E-state index in [-0.39, 0.29) is 6.04 Å². The Morgan fingerprint density at radius 2 is 2.00 bits per heavy atom. The van der Waals surface area contributed by atoms with Crippen LogP contribution in [0.1, 0.15) is 35.2 Å². The summed E-state index contributed by atoms with van der Waals surface area (Å²) in [6, 6.07) is 8.21. The molecule has 0 aliphatic carbocycles. The van der Waals surface area contributed by atoms with Gasteiger partial charge in [-0.1, -0.05) is 12.1 Å². The second kappa shape index (κ2) is 5.85. The monoisotopic (exact) mass is 256 g/mol. The topological polar surface area (TPSA) is 48.1 Å². The Morgan fingerprint density at radius 1 is 1.21 bits per heavy atom. The van der Waals surface area contributed by atoms with Gasteiger partial charge in [0.15, 0.2) is 0 Å². The SMILES string of the molecule is Cc1cncc(COc2ccc(C(C)N)cc2C)c1. The van der Waals surface area contributed by atoms with E-state index in [1.807, 2.05) is 45.3 Å². The van der Waals surface area contributed by atoms with Crippen molar-refractivity contribution in [3.63, 3.8) is 0 Å². The predicted octanol–water partition coefficient (Wildman–Crippen LogP) is 3.30. The molecule has 0 amide bonds. The number of benzene rings is 1. The first-order chi connectivity index (χ1) is 9.06. The fourth-order valence-corrected chi connectivity index (χ4v) is 1.98. The Balaban J connectivity index is 2.07. The first-order valence-electron chi connectivity index (χ1n) is 6.45. The van der Waals surface area contributed by atoms with Crippen molar-refractivity contribution in [2.24, 2.45) is 5.73 Å². The van der Waals surface area contributed by atoms with Crippen LogP contribution < -0.4 is 10.5 Å². The van der Waals surface area contributed by atoms with Gasteiger partial charge in [-0.05, 0) is 49.6 Å². The Morgan fingerprint density at radius 3 is 2.63 bits per heavy atom. The van der Waals surface area contributed by atoms with Gasteiger partial charge in [-0.25, -0.2) is 0 Å². The van der Waals surface area contributed by atoms with Crippen molar-refractivity contribution in [1.29, 1.82) is 0 Å². The molecule has 3 nitrogen and oxygen atoms in total. The molecule has 2 rings (SSSR count). The lowest BCUT2D eigenvalue weighted by Gasteiger charge is -2.12. The zero-order valence-corrected chi connectivity index (χ0v) is 11.7. The van der Waals surface area contributed by atoms with Crippen molar-refractivity contribution >= 4 is 0 Å². The summed E-state index contributed by atoms with van der Waals surface area (Å²) in [5.74, 6) is 0.894. The van der Waals surface area contributed by atoms with Crippen LogP contribution in [0.3, 0.4) is 0 Å². The van der Waals surface area contributed by atoms with Gasteiger partial charge < -0.3 is 10.5 Å². The average molecular weight is 256 g/mol. The molecule has 0 fully saturated rings. The Hall–Kier alpha value is -1.87. The largest absolute Gasteiger partial charge is 0.489 e. The van der Waals surface area contributed by atoms with Crippen LogP contribution in [0.4, 0.5) is 0 Å². The zero-order chi connectivity index (χ0) is 13.8. The summed E-state index contributed by atoms with van der Waals surface area (Å²) in [7, 11) is 0. The number of nitrogens with zero attached hydrogens (tertiary/aromatic N) is 1. The van der Waals surface area contributed by atoms with Gasteiger partial charge in [0.05, 0.1) is 0 Å². The number of aryl methyl sites for hydroxylation is 2. The van der Waals surface area contributed by atoms with Crippen molar-refractivity contribution < 1.29 is 4.74 Å². The molecule has 0 spiro atoms. The first kappa shape index (κ1) is 13.6. The molecular weight excluding hydrogens is 236 g/mol. The number of pyridine rings is 1. The van der Waals surface area contributed by atoms with Crippen LogP contribution in [-0.4, -0.2) is 4.98 Å². The lowest BCUT2D eigenvalue weighted by atomic mass is 10.1. The standard InChI is InChI=1S/C16H20N2O/c1-11-6-14(9-18-8-11)10-19-16-5-4-15(13(3)17)7-12(16)2/h4-9,13H,10,17H2,1-3H3. The van der Waals surface area contributed by atoms with Crippen LogP contribution in [0.25, 0.3) is 0 Å². The second-order valence-corrected chi connectivity index (χ2v) is 4.97. The molecule has 19 heavy (non-hydrogen) atoms. The third kappa shape index (κ3) is 3.55. The molecule has 0 aliphatic rings. The number of rotatable bonds is 4. The molecular formula is C16H20N2O. The van der Waals surface area contributed by atoms with Gasteiger partial charge in [-0.15, -0.1) is 0 Å². The van der Waals surface area contributed by atoms with E-state index in [0.29, 0.717) is 6.61 Å². The molecule has 1 unspecified atom stereocenters. The average Bonchev–Trinajstić information content (AvgIpc) is 2.37. The van der Waals surface area contributed by atoms with E-state index in [9.17, 15) is 0 Å². The van der Waals surface area contributed by atoms with Crippen molar-refractivity contribution in [3.05, 3.63) is 58.9 Å². The molecule has 1 aromatic carbocycles. The third-order valence-electron chi connectivity index (χ3n) is 3.05. The quantitative estimate of drug-likeness (QED) is 0.913. The van der Waals surface area contributed by atoms with Crippen molar-refractivity contribution in [3.8, 4) is 5.75 Å². The number of ether oxygens (including phenoxy) is 1. The highest BCUT2D eigenvalue weighted by atomic mass is 16.5. The minimum Gasteiger partial charge on any atom is -0.489 e. The molecule has 100 valence electrons. The van der Waals surface area contributed by atoms with Gasteiger partial charge >= 0.3 is 0 Å². The van der Waals surface area contributed by atoms with Crippen LogP contribution >= 0.6 is 0 Å². The molecule has 0 saturated carbocycles. The molecule has 2 aromatic rings. The van der Waals surface area contributed by atoms with E-state index in [4.69, 9.17) is 10.5 Å². The molecule has 0 bridgehead atoms. The van der Waals surface area contributed by atoms with Crippen LogP contribution in [0.5, 0.6) is 5.75 Å². The summed E-state index contributed by atoms with van der Waals surface area (Å²) in [6.45, 7) is 6.58. The summed E-state index contributed by atoms with van der Waals surface area (Å²) < 4.78 is 5.83. The molecule has 1 heterocycles. The lowest BCUT2D eigenvalue weighted by Crippen LogP contribution is -2.05. The first-order valence-corrected chi connectivity index (χ1v) is 6.45. The van der Waals surface area contributed by atoms with Crippen molar-refractivity contribution in [1.82, 2.24) is 4.98 Å². The summed E-state index contributed by atoms with van der Waals surface area (Å²) >= 11 is 0. The summed E-state index contributed by atoms with van der Waals surface area (Å²) in [5, 5.41) is 0. The van der Waals surface area contributed by atoms with E-state index < -0.39 is 0 Å². The maximum absolute atomic E-state index is 5.87. The van der Waals surface area contributed by atoms with Crippen LogP contribution in [0.15, 0.2) is 36.7 Å². The zero-order valence-electron chi connectivity index (χ0n) is 11.7. The van der Waals surface area contributed by atoms with Gasteiger partial charge in [-0.2, -0.15) is 0 Å². The summed E-state index contributed by atoms with van der Waals surface area (Å²) in [6.07, 6.45) is 3.67. The van der Waals surface area contributed by atoms with E-state index >= 15 is 0 Å². The predicted molar refractivity (Wildman–Crippen MR) is 77.1 cm³/mol.